The molecule has 1 heterocycles. The topological polar surface area (TPSA) is 44.9 Å². The lowest BCUT2D eigenvalue weighted by Gasteiger charge is -2.20. The van der Waals surface area contributed by atoms with Gasteiger partial charge in [0.2, 0.25) is 5.91 Å². The Hall–Kier alpha value is -2.81. The second-order valence-electron chi connectivity index (χ2n) is 8.14. The fraction of sp³-hybridized carbons (Fsp3) is 0.320. The van der Waals surface area contributed by atoms with Crippen molar-refractivity contribution >= 4 is 22.9 Å². The maximum Gasteiger partial charge on any atom is 0.247 e. The minimum atomic E-state index is 0.0543. The second kappa shape index (κ2) is 6.97. The number of aromatic nitrogens is 1. The minimum Gasteiger partial charge on any atom is -0.361 e. The summed E-state index contributed by atoms with van der Waals surface area (Å²) in [6, 6.07) is 9.09. The predicted molar refractivity (Wildman–Crippen MR) is 117 cm³/mol. The Bertz CT molecular complexity index is 1080. The van der Waals surface area contributed by atoms with Crippen LogP contribution in [0.2, 0.25) is 0 Å². The molecule has 2 N–H and O–H groups in total. The van der Waals surface area contributed by atoms with Crippen molar-refractivity contribution in [3.63, 3.8) is 0 Å². The van der Waals surface area contributed by atoms with Gasteiger partial charge in [-0.25, -0.2) is 0 Å². The summed E-state index contributed by atoms with van der Waals surface area (Å²) in [4.78, 5) is 15.7. The average molecular weight is 373 g/mol. The number of aromatic amines is 1. The van der Waals surface area contributed by atoms with E-state index in [0.29, 0.717) is 6.04 Å². The van der Waals surface area contributed by atoms with Crippen LogP contribution >= 0.6 is 0 Å². The lowest BCUT2D eigenvalue weighted by molar-refractivity contribution is -0.117. The Kier molecular flexibility index (Phi) is 4.62. The summed E-state index contributed by atoms with van der Waals surface area (Å²) in [5.41, 5.74) is 10.7. The Morgan fingerprint density at radius 1 is 1.04 bits per heavy atom. The monoisotopic (exact) mass is 372 g/mol. The lowest BCUT2D eigenvalue weighted by Crippen LogP contribution is -2.25. The van der Waals surface area contributed by atoms with E-state index in [9.17, 15) is 4.79 Å². The van der Waals surface area contributed by atoms with E-state index in [2.05, 4.69) is 68.3 Å². The second-order valence-corrected chi connectivity index (χ2v) is 8.14. The van der Waals surface area contributed by atoms with Gasteiger partial charge in [-0.3, -0.25) is 4.79 Å². The molecule has 3 aromatic rings. The number of hydrogen-bond acceptors (Lipinski definition) is 1. The SMILES string of the molecule is CC(=Cc1c(C)c(C)c(-c2ccc3[nH]ccc3c2)c(C)c1C)C(=O)NC1CC1. The summed E-state index contributed by atoms with van der Waals surface area (Å²) in [5.74, 6) is 0.0543. The van der Waals surface area contributed by atoms with Gasteiger partial charge in [-0.05, 0) is 116 Å². The number of carbonyl (C=O) groups excluding carboxylic acids is 1. The van der Waals surface area contributed by atoms with Crippen molar-refractivity contribution in [2.24, 2.45) is 0 Å². The molecule has 1 aliphatic carbocycles. The van der Waals surface area contributed by atoms with E-state index in [-0.39, 0.29) is 5.91 Å². The van der Waals surface area contributed by atoms with Crippen LogP contribution in [0.3, 0.4) is 0 Å². The molecule has 1 amide bonds. The average Bonchev–Trinajstić information content (AvgIpc) is 3.36. The highest BCUT2D eigenvalue weighted by Crippen LogP contribution is 2.36. The molecule has 2 aromatic carbocycles. The van der Waals surface area contributed by atoms with Gasteiger partial charge in [-0.1, -0.05) is 6.07 Å². The zero-order valence-corrected chi connectivity index (χ0v) is 17.4. The lowest BCUT2D eigenvalue weighted by atomic mass is 9.85. The van der Waals surface area contributed by atoms with Gasteiger partial charge < -0.3 is 10.3 Å². The maximum atomic E-state index is 12.4. The summed E-state index contributed by atoms with van der Waals surface area (Å²) in [7, 11) is 0. The molecule has 0 spiro atoms. The molecule has 0 bridgehead atoms. The molecule has 3 nitrogen and oxygen atoms in total. The third-order valence-corrected chi connectivity index (χ3v) is 6.16. The number of fused-ring (bicyclic) bond motifs is 1. The summed E-state index contributed by atoms with van der Waals surface area (Å²) < 4.78 is 0. The summed E-state index contributed by atoms with van der Waals surface area (Å²) >= 11 is 0. The molecule has 1 saturated carbocycles. The van der Waals surface area contributed by atoms with Crippen LogP contribution in [0.4, 0.5) is 0 Å². The number of H-pyrrole nitrogens is 1. The first-order valence-corrected chi connectivity index (χ1v) is 10.0. The molecule has 3 heteroatoms. The standard InChI is InChI=1S/C25H28N2O/c1-14(25(28)27-21-7-8-21)12-22-15(2)17(4)24(18(5)16(22)3)20-6-9-23-19(13-20)10-11-26-23/h6,9-13,21,26H,7-8H2,1-5H3,(H,27,28). The molecule has 1 aromatic heterocycles. The normalized spacial score (nSPS) is 14.5. The van der Waals surface area contributed by atoms with Gasteiger partial charge in [0.15, 0.2) is 0 Å². The van der Waals surface area contributed by atoms with Crippen LogP contribution in [0.1, 0.15) is 47.6 Å². The Morgan fingerprint density at radius 3 is 2.36 bits per heavy atom. The van der Waals surface area contributed by atoms with Gasteiger partial charge in [0.25, 0.3) is 0 Å². The van der Waals surface area contributed by atoms with E-state index in [1.165, 1.54) is 44.3 Å². The van der Waals surface area contributed by atoms with Gasteiger partial charge in [0.05, 0.1) is 0 Å². The molecule has 1 fully saturated rings. The first-order chi connectivity index (χ1) is 13.4. The molecule has 4 rings (SSSR count). The molecule has 0 unspecified atom stereocenters. The van der Waals surface area contributed by atoms with E-state index in [4.69, 9.17) is 0 Å². The Morgan fingerprint density at radius 2 is 1.71 bits per heavy atom. The van der Waals surface area contributed by atoms with Crippen LogP contribution in [0.5, 0.6) is 0 Å². The molecule has 144 valence electrons. The molecule has 0 aliphatic heterocycles. The highest BCUT2D eigenvalue weighted by atomic mass is 16.1. The summed E-state index contributed by atoms with van der Waals surface area (Å²) in [5, 5.41) is 4.31. The van der Waals surface area contributed by atoms with Crippen LogP contribution in [-0.4, -0.2) is 16.9 Å². The molecule has 0 saturated heterocycles. The van der Waals surface area contributed by atoms with Crippen molar-refractivity contribution in [1.82, 2.24) is 10.3 Å². The number of nitrogens with one attached hydrogen (secondary N) is 2. The third-order valence-electron chi connectivity index (χ3n) is 6.16. The number of benzene rings is 2. The van der Waals surface area contributed by atoms with Crippen molar-refractivity contribution in [2.45, 2.75) is 53.5 Å². The molecule has 28 heavy (non-hydrogen) atoms. The third kappa shape index (κ3) is 3.26. The highest BCUT2D eigenvalue weighted by molar-refractivity contribution is 5.98. The molecular formula is C25H28N2O. The quantitative estimate of drug-likeness (QED) is 0.563. The maximum absolute atomic E-state index is 12.4. The summed E-state index contributed by atoms with van der Waals surface area (Å²) in [6.07, 6.45) is 6.25. The van der Waals surface area contributed by atoms with Gasteiger partial charge in [0, 0.05) is 23.3 Å². The van der Waals surface area contributed by atoms with Gasteiger partial charge >= 0.3 is 0 Å². The first kappa shape index (κ1) is 18.5. The number of amides is 1. The number of hydrogen-bond donors (Lipinski definition) is 2. The van der Waals surface area contributed by atoms with Crippen molar-refractivity contribution in [2.75, 3.05) is 0 Å². The number of rotatable bonds is 4. The van der Waals surface area contributed by atoms with E-state index in [1.807, 2.05) is 13.1 Å². The summed E-state index contributed by atoms with van der Waals surface area (Å²) in [6.45, 7) is 10.6. The largest absolute Gasteiger partial charge is 0.361 e. The molecule has 0 radical (unpaired) electrons. The molecule has 0 atom stereocenters. The zero-order chi connectivity index (χ0) is 20.0. The van der Waals surface area contributed by atoms with Crippen LogP contribution in [0, 0.1) is 27.7 Å². The van der Waals surface area contributed by atoms with Crippen molar-refractivity contribution in [1.29, 1.82) is 0 Å². The first-order valence-electron chi connectivity index (χ1n) is 10.0. The minimum absolute atomic E-state index is 0.0543. The van der Waals surface area contributed by atoms with Crippen LogP contribution in [0.25, 0.3) is 28.1 Å². The Labute approximate surface area is 166 Å². The van der Waals surface area contributed by atoms with Gasteiger partial charge in [-0.2, -0.15) is 0 Å². The van der Waals surface area contributed by atoms with Crippen molar-refractivity contribution in [3.05, 3.63) is 63.9 Å². The van der Waals surface area contributed by atoms with Crippen LogP contribution in [0.15, 0.2) is 36.0 Å². The fourth-order valence-electron chi connectivity index (χ4n) is 4.01. The van der Waals surface area contributed by atoms with E-state index >= 15 is 0 Å². The van der Waals surface area contributed by atoms with Crippen molar-refractivity contribution < 1.29 is 4.79 Å². The molecular weight excluding hydrogens is 344 g/mol. The van der Waals surface area contributed by atoms with Gasteiger partial charge in [0.1, 0.15) is 0 Å². The van der Waals surface area contributed by atoms with E-state index in [1.54, 1.807) is 0 Å². The van der Waals surface area contributed by atoms with E-state index < -0.39 is 0 Å². The van der Waals surface area contributed by atoms with Gasteiger partial charge in [-0.15, -0.1) is 0 Å². The van der Waals surface area contributed by atoms with Crippen LogP contribution in [-0.2, 0) is 4.79 Å². The highest BCUT2D eigenvalue weighted by Gasteiger charge is 2.24. The van der Waals surface area contributed by atoms with Crippen LogP contribution < -0.4 is 5.32 Å². The predicted octanol–water partition coefficient (Wildman–Crippen LogP) is 5.75. The smallest absolute Gasteiger partial charge is 0.247 e. The number of carbonyl (C=O) groups is 1. The zero-order valence-electron chi connectivity index (χ0n) is 17.4. The van der Waals surface area contributed by atoms with Crippen molar-refractivity contribution in [3.8, 4) is 11.1 Å². The molecule has 1 aliphatic rings. The fourth-order valence-corrected chi connectivity index (χ4v) is 4.01. The Balaban J connectivity index is 1.79. The van der Waals surface area contributed by atoms with E-state index in [0.717, 1.165) is 23.9 Å².